The van der Waals surface area contributed by atoms with Gasteiger partial charge in [0.1, 0.15) is 0 Å². The van der Waals surface area contributed by atoms with Crippen LogP contribution in [0.2, 0.25) is 0 Å². The van der Waals surface area contributed by atoms with Crippen LogP contribution in [0, 0.1) is 0 Å². The highest BCUT2D eigenvalue weighted by Crippen LogP contribution is 2.30. The van der Waals surface area contributed by atoms with Crippen molar-refractivity contribution in [1.29, 1.82) is 0 Å². The standard InChI is InChI=1S/C17H25N3/c1-4-20-11-13(6-5-12(2)18)16-7-14-9-19(3)10-15(14)8-17(16)20/h7-8,11-12H,4-6,9-10,18H2,1-3H3. The van der Waals surface area contributed by atoms with E-state index in [0.717, 1.165) is 32.5 Å². The summed E-state index contributed by atoms with van der Waals surface area (Å²) in [6, 6.07) is 5.08. The van der Waals surface area contributed by atoms with Gasteiger partial charge in [-0.25, -0.2) is 0 Å². The summed E-state index contributed by atoms with van der Waals surface area (Å²) in [6.45, 7) is 7.49. The Morgan fingerprint density at radius 1 is 1.25 bits per heavy atom. The zero-order chi connectivity index (χ0) is 14.3. The highest BCUT2D eigenvalue weighted by Gasteiger charge is 2.18. The Labute approximate surface area is 121 Å². The van der Waals surface area contributed by atoms with Crippen molar-refractivity contribution in [2.75, 3.05) is 7.05 Å². The molecule has 1 atom stereocenters. The smallest absolute Gasteiger partial charge is 0.0486 e. The number of aromatic nitrogens is 1. The van der Waals surface area contributed by atoms with Gasteiger partial charge >= 0.3 is 0 Å². The fourth-order valence-electron chi connectivity index (χ4n) is 3.27. The molecule has 108 valence electrons. The van der Waals surface area contributed by atoms with Crippen molar-refractivity contribution < 1.29 is 0 Å². The Morgan fingerprint density at radius 2 is 1.95 bits per heavy atom. The van der Waals surface area contributed by atoms with E-state index in [-0.39, 0.29) is 6.04 Å². The van der Waals surface area contributed by atoms with Gasteiger partial charge in [0.05, 0.1) is 0 Å². The predicted octanol–water partition coefficient (Wildman–Crippen LogP) is 2.89. The molecule has 0 bridgehead atoms. The minimum absolute atomic E-state index is 0.274. The molecule has 2 aromatic rings. The molecule has 1 unspecified atom stereocenters. The van der Waals surface area contributed by atoms with Crippen molar-refractivity contribution in [2.24, 2.45) is 5.73 Å². The molecule has 0 saturated heterocycles. The summed E-state index contributed by atoms with van der Waals surface area (Å²) < 4.78 is 2.38. The molecule has 20 heavy (non-hydrogen) atoms. The van der Waals surface area contributed by atoms with E-state index < -0.39 is 0 Å². The zero-order valence-corrected chi connectivity index (χ0v) is 12.8. The van der Waals surface area contributed by atoms with E-state index in [9.17, 15) is 0 Å². The fourth-order valence-corrected chi connectivity index (χ4v) is 3.27. The molecule has 0 aliphatic carbocycles. The molecule has 0 fully saturated rings. The van der Waals surface area contributed by atoms with Crippen LogP contribution < -0.4 is 5.73 Å². The van der Waals surface area contributed by atoms with Gasteiger partial charge in [-0.2, -0.15) is 0 Å². The van der Waals surface area contributed by atoms with Gasteiger partial charge in [0, 0.05) is 42.8 Å². The lowest BCUT2D eigenvalue weighted by molar-refractivity contribution is 0.353. The number of nitrogens with two attached hydrogens (primary N) is 1. The molecular weight excluding hydrogens is 246 g/mol. The summed E-state index contributed by atoms with van der Waals surface area (Å²) in [5.74, 6) is 0. The lowest BCUT2D eigenvalue weighted by atomic mass is 10.0. The maximum atomic E-state index is 5.92. The number of hydrogen-bond acceptors (Lipinski definition) is 2. The number of nitrogens with zero attached hydrogens (tertiary/aromatic N) is 2. The third-order valence-electron chi connectivity index (χ3n) is 4.38. The van der Waals surface area contributed by atoms with E-state index in [4.69, 9.17) is 5.73 Å². The van der Waals surface area contributed by atoms with Gasteiger partial charge in [-0.1, -0.05) is 0 Å². The average Bonchev–Trinajstić information content (AvgIpc) is 2.92. The monoisotopic (exact) mass is 271 g/mol. The molecule has 3 nitrogen and oxygen atoms in total. The Bertz CT molecular complexity index is 625. The highest BCUT2D eigenvalue weighted by atomic mass is 15.1. The molecule has 1 aliphatic rings. The van der Waals surface area contributed by atoms with Gasteiger partial charge in [-0.15, -0.1) is 0 Å². The largest absolute Gasteiger partial charge is 0.347 e. The first-order valence-corrected chi connectivity index (χ1v) is 7.66. The van der Waals surface area contributed by atoms with Crippen LogP contribution in [-0.4, -0.2) is 22.6 Å². The molecule has 3 heteroatoms. The van der Waals surface area contributed by atoms with Crippen LogP contribution >= 0.6 is 0 Å². The maximum Gasteiger partial charge on any atom is 0.0486 e. The molecule has 0 amide bonds. The van der Waals surface area contributed by atoms with Gasteiger partial charge in [-0.05, 0) is 62.6 Å². The van der Waals surface area contributed by atoms with Gasteiger partial charge in [0.2, 0.25) is 0 Å². The van der Waals surface area contributed by atoms with Crippen molar-refractivity contribution in [3.63, 3.8) is 0 Å². The summed E-state index contributed by atoms with van der Waals surface area (Å²) in [7, 11) is 2.19. The summed E-state index contributed by atoms with van der Waals surface area (Å²) in [6.07, 6.45) is 4.46. The molecule has 3 rings (SSSR count). The van der Waals surface area contributed by atoms with E-state index in [2.05, 4.69) is 48.7 Å². The van der Waals surface area contributed by atoms with E-state index in [1.165, 1.54) is 27.6 Å². The lowest BCUT2D eigenvalue weighted by Gasteiger charge is -2.05. The lowest BCUT2D eigenvalue weighted by Crippen LogP contribution is -2.15. The molecule has 1 aromatic carbocycles. The molecule has 0 saturated carbocycles. The second-order valence-corrected chi connectivity index (χ2v) is 6.27. The van der Waals surface area contributed by atoms with Gasteiger partial charge in [0.15, 0.2) is 0 Å². The second-order valence-electron chi connectivity index (χ2n) is 6.27. The van der Waals surface area contributed by atoms with E-state index in [1.54, 1.807) is 0 Å². The van der Waals surface area contributed by atoms with E-state index in [0.29, 0.717) is 0 Å². The number of fused-ring (bicyclic) bond motifs is 2. The molecule has 1 aromatic heterocycles. The highest BCUT2D eigenvalue weighted by molar-refractivity contribution is 5.86. The third kappa shape index (κ3) is 2.36. The minimum Gasteiger partial charge on any atom is -0.347 e. The van der Waals surface area contributed by atoms with Gasteiger partial charge in [-0.3, -0.25) is 4.90 Å². The van der Waals surface area contributed by atoms with Crippen LogP contribution in [0.15, 0.2) is 18.3 Å². The third-order valence-corrected chi connectivity index (χ3v) is 4.38. The topological polar surface area (TPSA) is 34.2 Å². The molecule has 0 spiro atoms. The number of aryl methyl sites for hydroxylation is 2. The SMILES string of the molecule is CCn1cc(CCC(C)N)c2cc3c(cc21)CN(C)C3. The number of rotatable bonds is 4. The Morgan fingerprint density at radius 3 is 2.60 bits per heavy atom. The van der Waals surface area contributed by atoms with Crippen LogP contribution in [0.5, 0.6) is 0 Å². The average molecular weight is 271 g/mol. The first kappa shape index (κ1) is 13.7. The molecular formula is C17H25N3. The quantitative estimate of drug-likeness (QED) is 0.928. The van der Waals surface area contributed by atoms with Crippen molar-refractivity contribution in [3.8, 4) is 0 Å². The van der Waals surface area contributed by atoms with Crippen LogP contribution in [0.25, 0.3) is 10.9 Å². The summed E-state index contributed by atoms with van der Waals surface area (Å²) >= 11 is 0. The van der Waals surface area contributed by atoms with E-state index in [1.807, 2.05) is 0 Å². The Kier molecular flexibility index (Phi) is 3.57. The maximum absolute atomic E-state index is 5.92. The van der Waals surface area contributed by atoms with Crippen molar-refractivity contribution >= 4 is 10.9 Å². The normalized spacial score (nSPS) is 16.8. The van der Waals surface area contributed by atoms with Crippen LogP contribution in [-0.2, 0) is 26.1 Å². The van der Waals surface area contributed by atoms with E-state index >= 15 is 0 Å². The molecule has 2 heterocycles. The molecule has 2 N–H and O–H groups in total. The Balaban J connectivity index is 2.05. The Hall–Kier alpha value is -1.32. The van der Waals surface area contributed by atoms with Crippen molar-refractivity contribution in [1.82, 2.24) is 9.47 Å². The summed E-state index contributed by atoms with van der Waals surface area (Å²) in [5.41, 5.74) is 11.8. The van der Waals surface area contributed by atoms with Gasteiger partial charge < -0.3 is 10.3 Å². The predicted molar refractivity (Wildman–Crippen MR) is 84.8 cm³/mol. The van der Waals surface area contributed by atoms with Crippen LogP contribution in [0.4, 0.5) is 0 Å². The van der Waals surface area contributed by atoms with Crippen molar-refractivity contribution in [2.45, 2.75) is 52.4 Å². The number of hydrogen-bond donors (Lipinski definition) is 1. The molecule has 1 aliphatic heterocycles. The second kappa shape index (κ2) is 5.23. The number of benzene rings is 1. The summed E-state index contributed by atoms with van der Waals surface area (Å²) in [4.78, 5) is 2.38. The zero-order valence-electron chi connectivity index (χ0n) is 12.8. The van der Waals surface area contributed by atoms with Crippen LogP contribution in [0.3, 0.4) is 0 Å². The first-order valence-electron chi connectivity index (χ1n) is 7.66. The van der Waals surface area contributed by atoms with Gasteiger partial charge in [0.25, 0.3) is 0 Å². The van der Waals surface area contributed by atoms with Crippen molar-refractivity contribution in [3.05, 3.63) is 35.0 Å². The van der Waals surface area contributed by atoms with Crippen LogP contribution in [0.1, 0.15) is 37.0 Å². The molecule has 0 radical (unpaired) electrons. The summed E-state index contributed by atoms with van der Waals surface area (Å²) in [5, 5.41) is 1.43. The minimum atomic E-state index is 0.274. The fraction of sp³-hybridized carbons (Fsp3) is 0.529. The first-order chi connectivity index (χ1) is 9.58.